The van der Waals surface area contributed by atoms with Crippen molar-refractivity contribution in [1.82, 2.24) is 24.8 Å². The molecule has 4 rings (SSSR count). The molecule has 0 saturated carbocycles. The molecular formula is C19H22N6O5. The molecule has 3 aromatic rings. The summed E-state index contributed by atoms with van der Waals surface area (Å²) in [6.07, 6.45) is -3.56. The average molecular weight is 414 g/mol. The van der Waals surface area contributed by atoms with Crippen LogP contribution < -0.4 is 16.6 Å². The van der Waals surface area contributed by atoms with E-state index < -0.39 is 36.0 Å². The van der Waals surface area contributed by atoms with Gasteiger partial charge in [-0.1, -0.05) is 37.3 Å². The Kier molecular flexibility index (Phi) is 5.24. The molecule has 158 valence electrons. The summed E-state index contributed by atoms with van der Waals surface area (Å²) in [6, 6.07) is 9.13. The van der Waals surface area contributed by atoms with E-state index in [9.17, 15) is 19.8 Å². The van der Waals surface area contributed by atoms with Crippen molar-refractivity contribution in [1.29, 1.82) is 0 Å². The van der Waals surface area contributed by atoms with E-state index in [1.807, 2.05) is 37.3 Å². The number of nitrogens with zero attached hydrogens (tertiary/aromatic N) is 3. The van der Waals surface area contributed by atoms with Gasteiger partial charge in [0.2, 0.25) is 5.95 Å². The first-order valence-electron chi connectivity index (χ1n) is 9.50. The molecule has 3 heterocycles. The molecule has 0 radical (unpaired) electrons. The van der Waals surface area contributed by atoms with Gasteiger partial charge in [-0.15, -0.1) is 0 Å². The van der Waals surface area contributed by atoms with E-state index >= 15 is 0 Å². The highest BCUT2D eigenvalue weighted by Crippen LogP contribution is 2.31. The third-order valence-electron chi connectivity index (χ3n) is 5.15. The van der Waals surface area contributed by atoms with Crippen LogP contribution in [0.3, 0.4) is 0 Å². The Morgan fingerprint density at radius 1 is 1.33 bits per heavy atom. The minimum atomic E-state index is -1.49. The molecule has 1 amide bonds. The fourth-order valence-corrected chi connectivity index (χ4v) is 3.60. The molecule has 6 N–H and O–H groups in total. The normalized spacial score (nSPS) is 24.8. The van der Waals surface area contributed by atoms with Gasteiger partial charge in [0.05, 0.1) is 12.4 Å². The molecule has 1 aromatic carbocycles. The molecule has 1 fully saturated rings. The number of hydrogen-bond donors (Lipinski definition) is 5. The van der Waals surface area contributed by atoms with Gasteiger partial charge in [0, 0.05) is 0 Å². The van der Waals surface area contributed by atoms with Crippen molar-refractivity contribution >= 4 is 23.0 Å². The van der Waals surface area contributed by atoms with E-state index in [1.165, 1.54) is 10.9 Å². The first-order valence-corrected chi connectivity index (χ1v) is 9.50. The van der Waals surface area contributed by atoms with Crippen molar-refractivity contribution in [3.8, 4) is 0 Å². The van der Waals surface area contributed by atoms with E-state index in [4.69, 9.17) is 10.5 Å². The summed E-state index contributed by atoms with van der Waals surface area (Å²) in [4.78, 5) is 35.1. The Bertz CT molecular complexity index is 1110. The van der Waals surface area contributed by atoms with Gasteiger partial charge < -0.3 is 26.0 Å². The van der Waals surface area contributed by atoms with Crippen molar-refractivity contribution in [2.24, 2.45) is 0 Å². The molecule has 0 unspecified atom stereocenters. The predicted molar refractivity (Wildman–Crippen MR) is 106 cm³/mol. The van der Waals surface area contributed by atoms with Gasteiger partial charge in [0.1, 0.15) is 12.2 Å². The molecule has 1 aliphatic rings. The highest BCUT2D eigenvalue weighted by Gasteiger charge is 2.48. The minimum absolute atomic E-state index is 0.00230. The number of nitrogens with two attached hydrogens (primary N) is 1. The monoisotopic (exact) mass is 414 g/mol. The average Bonchev–Trinajstić information content (AvgIpc) is 3.28. The SMILES string of the molecule is CC[C@H](NC(=O)[C@H]1O[C@@H](n2cnc3c(=O)[nH]c(N)nc32)[C@H](O)[C@@H]1O)c1ccccc1. The molecule has 11 nitrogen and oxygen atoms in total. The number of nitrogen functional groups attached to an aromatic ring is 1. The maximum Gasteiger partial charge on any atom is 0.280 e. The van der Waals surface area contributed by atoms with Gasteiger partial charge >= 0.3 is 0 Å². The van der Waals surface area contributed by atoms with Crippen LogP contribution in [-0.2, 0) is 9.53 Å². The van der Waals surface area contributed by atoms with Crippen molar-refractivity contribution in [3.63, 3.8) is 0 Å². The summed E-state index contributed by atoms with van der Waals surface area (Å²) in [5, 5.41) is 23.8. The Hall–Kier alpha value is -3.28. The molecule has 0 aliphatic carbocycles. The van der Waals surface area contributed by atoms with E-state index in [0.717, 1.165) is 5.56 Å². The number of H-pyrrole nitrogens is 1. The molecular weight excluding hydrogens is 392 g/mol. The van der Waals surface area contributed by atoms with Gasteiger partial charge in [-0.25, -0.2) is 4.98 Å². The van der Waals surface area contributed by atoms with Crippen LogP contribution >= 0.6 is 0 Å². The number of imidazole rings is 1. The molecule has 11 heteroatoms. The lowest BCUT2D eigenvalue weighted by atomic mass is 10.0. The summed E-state index contributed by atoms with van der Waals surface area (Å²) in [5.74, 6) is -0.695. The first-order chi connectivity index (χ1) is 14.4. The van der Waals surface area contributed by atoms with Gasteiger partial charge in [0.15, 0.2) is 23.5 Å². The molecule has 0 spiro atoms. The Balaban J connectivity index is 1.58. The van der Waals surface area contributed by atoms with E-state index in [2.05, 4.69) is 20.3 Å². The number of carbonyl (C=O) groups is 1. The van der Waals surface area contributed by atoms with Crippen molar-refractivity contribution in [3.05, 3.63) is 52.6 Å². The number of aromatic nitrogens is 4. The van der Waals surface area contributed by atoms with Gasteiger partial charge in [-0.3, -0.25) is 19.1 Å². The number of carbonyl (C=O) groups excluding carboxylic acids is 1. The van der Waals surface area contributed by atoms with Crippen LogP contribution in [0.15, 0.2) is 41.5 Å². The number of rotatable bonds is 5. The zero-order chi connectivity index (χ0) is 21.4. The van der Waals surface area contributed by atoms with Crippen LogP contribution in [0.1, 0.15) is 31.2 Å². The molecule has 30 heavy (non-hydrogen) atoms. The fraction of sp³-hybridized carbons (Fsp3) is 0.368. The first kappa shape index (κ1) is 20.0. The van der Waals surface area contributed by atoms with Crippen LogP contribution in [-0.4, -0.2) is 54.0 Å². The number of benzene rings is 1. The van der Waals surface area contributed by atoms with Gasteiger partial charge in [-0.2, -0.15) is 4.98 Å². The molecule has 0 bridgehead atoms. The minimum Gasteiger partial charge on any atom is -0.387 e. The second kappa shape index (κ2) is 7.86. The predicted octanol–water partition coefficient (Wildman–Crippen LogP) is -0.411. The summed E-state index contributed by atoms with van der Waals surface area (Å²) < 4.78 is 6.95. The number of nitrogens with one attached hydrogen (secondary N) is 2. The van der Waals surface area contributed by atoms with Crippen LogP contribution in [0.2, 0.25) is 0 Å². The van der Waals surface area contributed by atoms with Crippen molar-refractivity contribution in [2.75, 3.05) is 5.73 Å². The molecule has 1 aliphatic heterocycles. The number of aliphatic hydroxyl groups is 2. The van der Waals surface area contributed by atoms with Crippen molar-refractivity contribution in [2.45, 2.75) is 43.9 Å². The zero-order valence-electron chi connectivity index (χ0n) is 16.1. The van der Waals surface area contributed by atoms with E-state index in [-0.39, 0.29) is 23.2 Å². The molecule has 1 saturated heterocycles. The van der Waals surface area contributed by atoms with Gasteiger partial charge in [-0.05, 0) is 12.0 Å². The van der Waals surface area contributed by atoms with Crippen LogP contribution in [0.5, 0.6) is 0 Å². The summed E-state index contributed by atoms with van der Waals surface area (Å²) in [5.41, 5.74) is 6.03. The lowest BCUT2D eigenvalue weighted by molar-refractivity contribution is -0.138. The third kappa shape index (κ3) is 3.43. The van der Waals surface area contributed by atoms with E-state index in [0.29, 0.717) is 6.42 Å². The topological polar surface area (TPSA) is 168 Å². The number of hydrogen-bond acceptors (Lipinski definition) is 8. The number of aliphatic hydroxyl groups excluding tert-OH is 2. The number of ether oxygens (including phenoxy) is 1. The van der Waals surface area contributed by atoms with Crippen LogP contribution in [0, 0.1) is 0 Å². The molecule has 2 aromatic heterocycles. The number of fused-ring (bicyclic) bond motifs is 1. The quantitative estimate of drug-likeness (QED) is 0.375. The third-order valence-corrected chi connectivity index (χ3v) is 5.15. The summed E-state index contributed by atoms with van der Waals surface area (Å²) in [7, 11) is 0. The Morgan fingerprint density at radius 2 is 2.07 bits per heavy atom. The summed E-state index contributed by atoms with van der Waals surface area (Å²) in [6.45, 7) is 1.92. The summed E-state index contributed by atoms with van der Waals surface area (Å²) >= 11 is 0. The van der Waals surface area contributed by atoms with Crippen LogP contribution in [0.4, 0.5) is 5.95 Å². The fourth-order valence-electron chi connectivity index (χ4n) is 3.60. The number of amides is 1. The molecule has 5 atom stereocenters. The highest BCUT2D eigenvalue weighted by molar-refractivity contribution is 5.82. The highest BCUT2D eigenvalue weighted by atomic mass is 16.6. The largest absolute Gasteiger partial charge is 0.387 e. The van der Waals surface area contributed by atoms with Crippen LogP contribution in [0.25, 0.3) is 11.2 Å². The maximum absolute atomic E-state index is 12.8. The van der Waals surface area contributed by atoms with E-state index in [1.54, 1.807) is 0 Å². The zero-order valence-corrected chi connectivity index (χ0v) is 16.1. The second-order valence-corrected chi connectivity index (χ2v) is 7.08. The lowest BCUT2D eigenvalue weighted by Gasteiger charge is -2.21. The Morgan fingerprint density at radius 3 is 2.77 bits per heavy atom. The maximum atomic E-state index is 12.8. The Labute approximate surface area is 170 Å². The van der Waals surface area contributed by atoms with Gasteiger partial charge in [0.25, 0.3) is 11.5 Å². The second-order valence-electron chi connectivity index (χ2n) is 7.08. The van der Waals surface area contributed by atoms with Crippen molar-refractivity contribution < 1.29 is 19.7 Å². The standard InChI is InChI=1S/C19H22N6O5/c1-2-10(9-6-4-3-5-7-9)22-17(29)14-12(26)13(27)18(30-14)25-8-21-11-15(25)23-19(20)24-16(11)28/h3-8,10,12-14,18,26-27H,2H2,1H3,(H,22,29)(H3,20,23,24,28)/t10-,12-,13+,14-,18+/m0/s1. The number of aromatic amines is 1. The number of anilines is 1. The smallest absolute Gasteiger partial charge is 0.280 e. The lowest BCUT2D eigenvalue weighted by Crippen LogP contribution is -2.44.